The van der Waals surface area contributed by atoms with Gasteiger partial charge in [-0.25, -0.2) is 0 Å². The number of hydrogen-bond donors (Lipinski definition) is 1. The van der Waals surface area contributed by atoms with Crippen molar-refractivity contribution in [3.63, 3.8) is 0 Å². The van der Waals surface area contributed by atoms with Gasteiger partial charge in [0.1, 0.15) is 0 Å². The Bertz CT molecular complexity index is 145. The largest absolute Gasteiger partial charge is 0.349 e. The Hall–Kier alpha value is -0.0151. The van der Waals surface area contributed by atoms with Crippen LogP contribution in [0.5, 0.6) is 0 Å². The zero-order valence-corrected chi connectivity index (χ0v) is 8.10. The zero-order valence-electron chi connectivity index (χ0n) is 8.10. The van der Waals surface area contributed by atoms with E-state index in [-0.39, 0.29) is 0 Å². The van der Waals surface area contributed by atoms with Gasteiger partial charge in [0.05, 0.1) is 0 Å². The smallest absolute Gasteiger partial charge is 0.185 e. The van der Waals surface area contributed by atoms with Gasteiger partial charge < -0.3 is 10.1 Å². The molecule has 68 valence electrons. The van der Waals surface area contributed by atoms with E-state index in [9.17, 15) is 0 Å². The SMILES string of the molecule is BN1CCC2(CCCNC2)CC1. The summed E-state index contributed by atoms with van der Waals surface area (Å²) in [6, 6.07) is 0. The summed E-state index contributed by atoms with van der Waals surface area (Å²) in [5, 5.41) is 3.54. The number of rotatable bonds is 0. The third-order valence-corrected chi connectivity index (χ3v) is 3.61. The second kappa shape index (κ2) is 3.39. The van der Waals surface area contributed by atoms with Crippen LogP contribution in [0.4, 0.5) is 0 Å². The minimum absolute atomic E-state index is 0.685. The van der Waals surface area contributed by atoms with Gasteiger partial charge in [0, 0.05) is 6.54 Å². The predicted molar refractivity (Wildman–Crippen MR) is 53.9 cm³/mol. The first-order valence-corrected chi connectivity index (χ1v) is 5.20. The number of hydrogen-bond acceptors (Lipinski definition) is 2. The van der Waals surface area contributed by atoms with Crippen LogP contribution in [0.15, 0.2) is 0 Å². The summed E-state index contributed by atoms with van der Waals surface area (Å²) < 4.78 is 0. The molecule has 2 rings (SSSR count). The van der Waals surface area contributed by atoms with E-state index < -0.39 is 0 Å². The lowest BCUT2D eigenvalue weighted by molar-refractivity contribution is 0.118. The summed E-state index contributed by atoms with van der Waals surface area (Å²) in [6.45, 7) is 5.14. The van der Waals surface area contributed by atoms with Crippen molar-refractivity contribution in [2.45, 2.75) is 25.7 Å². The van der Waals surface area contributed by atoms with E-state index in [2.05, 4.69) is 18.1 Å². The second-order valence-corrected chi connectivity index (χ2v) is 4.58. The minimum atomic E-state index is 0.685. The highest BCUT2D eigenvalue weighted by molar-refractivity contribution is 6.04. The lowest BCUT2D eigenvalue weighted by atomic mass is 9.72. The lowest BCUT2D eigenvalue weighted by Gasteiger charge is -2.43. The first kappa shape index (κ1) is 8.58. The summed E-state index contributed by atoms with van der Waals surface area (Å²) in [5.41, 5.74) is 0.685. The summed E-state index contributed by atoms with van der Waals surface area (Å²) >= 11 is 0. The molecule has 0 radical (unpaired) electrons. The summed E-state index contributed by atoms with van der Waals surface area (Å²) in [6.07, 6.45) is 5.69. The monoisotopic (exact) mass is 166 g/mol. The van der Waals surface area contributed by atoms with Crippen molar-refractivity contribution in [2.24, 2.45) is 5.41 Å². The highest BCUT2D eigenvalue weighted by Crippen LogP contribution is 2.36. The maximum absolute atomic E-state index is 3.54. The molecule has 1 spiro atoms. The molecule has 0 aliphatic carbocycles. The van der Waals surface area contributed by atoms with E-state index in [1.807, 2.05) is 0 Å². The van der Waals surface area contributed by atoms with Gasteiger partial charge in [-0.15, -0.1) is 0 Å². The van der Waals surface area contributed by atoms with Crippen LogP contribution in [-0.4, -0.2) is 39.0 Å². The van der Waals surface area contributed by atoms with E-state index in [1.54, 1.807) is 0 Å². The molecule has 0 aromatic carbocycles. The molecule has 2 fully saturated rings. The topological polar surface area (TPSA) is 15.3 Å². The Morgan fingerprint density at radius 1 is 1.17 bits per heavy atom. The van der Waals surface area contributed by atoms with Crippen LogP contribution in [0.25, 0.3) is 0 Å². The van der Waals surface area contributed by atoms with Gasteiger partial charge in [0.2, 0.25) is 0 Å². The maximum Gasteiger partial charge on any atom is 0.185 e. The van der Waals surface area contributed by atoms with Crippen molar-refractivity contribution < 1.29 is 0 Å². The van der Waals surface area contributed by atoms with Crippen molar-refractivity contribution >= 4 is 7.98 Å². The van der Waals surface area contributed by atoms with Gasteiger partial charge in [-0.05, 0) is 50.7 Å². The molecule has 0 amide bonds. The van der Waals surface area contributed by atoms with Crippen LogP contribution in [-0.2, 0) is 0 Å². The van der Waals surface area contributed by atoms with E-state index in [0.717, 1.165) is 0 Å². The first-order chi connectivity index (χ1) is 5.81. The van der Waals surface area contributed by atoms with Gasteiger partial charge in [0.25, 0.3) is 0 Å². The molecular weight excluding hydrogens is 147 g/mol. The molecule has 2 heterocycles. The third kappa shape index (κ3) is 1.67. The molecule has 0 aromatic rings. The van der Waals surface area contributed by atoms with Gasteiger partial charge in [0.15, 0.2) is 7.98 Å². The molecule has 0 saturated carbocycles. The van der Waals surface area contributed by atoms with Crippen LogP contribution in [0, 0.1) is 5.41 Å². The Morgan fingerprint density at radius 2 is 1.92 bits per heavy atom. The highest BCUT2D eigenvalue weighted by Gasteiger charge is 2.34. The summed E-state index contributed by atoms with van der Waals surface area (Å²) in [5.74, 6) is 0. The van der Waals surface area contributed by atoms with Crippen LogP contribution in [0.3, 0.4) is 0 Å². The van der Waals surface area contributed by atoms with E-state index in [4.69, 9.17) is 0 Å². The van der Waals surface area contributed by atoms with Crippen molar-refractivity contribution in [2.75, 3.05) is 26.2 Å². The molecule has 12 heavy (non-hydrogen) atoms. The molecule has 0 bridgehead atoms. The number of piperidine rings is 2. The molecule has 2 saturated heterocycles. The number of nitrogens with zero attached hydrogens (tertiary/aromatic N) is 1. The van der Waals surface area contributed by atoms with E-state index in [1.165, 1.54) is 51.9 Å². The first-order valence-electron chi connectivity index (χ1n) is 5.20. The van der Waals surface area contributed by atoms with Crippen molar-refractivity contribution in [3.05, 3.63) is 0 Å². The molecule has 2 aliphatic rings. The van der Waals surface area contributed by atoms with Gasteiger partial charge >= 0.3 is 0 Å². The van der Waals surface area contributed by atoms with E-state index >= 15 is 0 Å². The Balaban J connectivity index is 1.92. The van der Waals surface area contributed by atoms with Crippen LogP contribution < -0.4 is 5.32 Å². The minimum Gasteiger partial charge on any atom is -0.349 e. The molecule has 2 nitrogen and oxygen atoms in total. The number of nitrogens with one attached hydrogen (secondary N) is 1. The molecule has 2 aliphatic heterocycles. The molecule has 0 atom stereocenters. The zero-order chi connectivity index (χ0) is 8.44. The van der Waals surface area contributed by atoms with Crippen LogP contribution in [0.1, 0.15) is 25.7 Å². The fraction of sp³-hybridized carbons (Fsp3) is 1.00. The normalized spacial score (nSPS) is 30.7. The van der Waals surface area contributed by atoms with Crippen molar-refractivity contribution in [3.8, 4) is 0 Å². The lowest BCUT2D eigenvalue weighted by Crippen LogP contribution is -2.47. The fourth-order valence-electron chi connectivity index (χ4n) is 2.55. The van der Waals surface area contributed by atoms with Gasteiger partial charge in [-0.3, -0.25) is 0 Å². The maximum atomic E-state index is 3.54. The predicted octanol–water partition coefficient (Wildman–Crippen LogP) is 0.0001000. The average molecular weight is 166 g/mol. The van der Waals surface area contributed by atoms with Crippen molar-refractivity contribution in [1.82, 2.24) is 10.1 Å². The molecule has 0 unspecified atom stereocenters. The van der Waals surface area contributed by atoms with Crippen LogP contribution in [0.2, 0.25) is 0 Å². The molecule has 0 aromatic heterocycles. The molecule has 1 N–H and O–H groups in total. The van der Waals surface area contributed by atoms with Gasteiger partial charge in [-0.2, -0.15) is 0 Å². The summed E-state index contributed by atoms with van der Waals surface area (Å²) in [4.78, 5) is 2.46. The molecular formula is C9H19BN2. The van der Waals surface area contributed by atoms with Gasteiger partial charge in [-0.1, -0.05) is 0 Å². The second-order valence-electron chi connectivity index (χ2n) is 4.58. The highest BCUT2D eigenvalue weighted by atomic mass is 15.0. The quantitative estimate of drug-likeness (QED) is 0.509. The summed E-state index contributed by atoms with van der Waals surface area (Å²) in [7, 11) is 2.24. The Morgan fingerprint density at radius 3 is 2.50 bits per heavy atom. The van der Waals surface area contributed by atoms with Crippen LogP contribution >= 0.6 is 0 Å². The third-order valence-electron chi connectivity index (χ3n) is 3.61. The standard InChI is InChI=1S/C9H19BN2/c10-12-6-3-9(4-7-12)2-1-5-11-8-9/h11H,1-8,10H2. The van der Waals surface area contributed by atoms with Crippen molar-refractivity contribution in [1.29, 1.82) is 0 Å². The Labute approximate surface area is 76.1 Å². The molecule has 3 heteroatoms. The Kier molecular flexibility index (Phi) is 2.42. The fourth-order valence-corrected chi connectivity index (χ4v) is 2.55. The van der Waals surface area contributed by atoms with E-state index in [0.29, 0.717) is 5.41 Å². The average Bonchev–Trinajstić information content (AvgIpc) is 2.13.